The van der Waals surface area contributed by atoms with Gasteiger partial charge in [0.1, 0.15) is 17.4 Å². The number of hydrogen-bond donors (Lipinski definition) is 1. The molecular formula is C17H19F2NO. The molecule has 21 heavy (non-hydrogen) atoms. The third-order valence-electron chi connectivity index (χ3n) is 3.36. The number of anilines is 1. The summed E-state index contributed by atoms with van der Waals surface area (Å²) in [5.74, 6) is -0.0549. The van der Waals surface area contributed by atoms with Crippen molar-refractivity contribution in [2.24, 2.45) is 0 Å². The zero-order chi connectivity index (χ0) is 15.2. The lowest BCUT2D eigenvalue weighted by molar-refractivity contribution is 0.414. The Kier molecular flexibility index (Phi) is 5.14. The first-order valence-electron chi connectivity index (χ1n) is 6.93. The summed E-state index contributed by atoms with van der Waals surface area (Å²) in [4.78, 5) is 0. The number of halogens is 2. The van der Waals surface area contributed by atoms with E-state index in [1.54, 1.807) is 7.11 Å². The highest BCUT2D eigenvalue weighted by molar-refractivity contribution is 5.45. The number of benzene rings is 2. The molecule has 0 saturated carbocycles. The Labute approximate surface area is 123 Å². The van der Waals surface area contributed by atoms with Crippen LogP contribution in [0.4, 0.5) is 14.5 Å². The van der Waals surface area contributed by atoms with Gasteiger partial charge in [0, 0.05) is 6.04 Å². The van der Waals surface area contributed by atoms with Gasteiger partial charge in [0.2, 0.25) is 0 Å². The predicted molar refractivity (Wildman–Crippen MR) is 80.8 cm³/mol. The summed E-state index contributed by atoms with van der Waals surface area (Å²) in [6.07, 6.45) is 1.68. The Hall–Kier alpha value is -2.10. The summed E-state index contributed by atoms with van der Waals surface area (Å²) < 4.78 is 31.7. The third kappa shape index (κ3) is 4.45. The summed E-state index contributed by atoms with van der Waals surface area (Å²) in [6, 6.07) is 11.3. The summed E-state index contributed by atoms with van der Waals surface area (Å²) >= 11 is 0. The van der Waals surface area contributed by atoms with Crippen molar-refractivity contribution >= 4 is 5.69 Å². The van der Waals surface area contributed by atoms with Crippen molar-refractivity contribution in [1.29, 1.82) is 0 Å². The fraction of sp³-hybridized carbons (Fsp3) is 0.294. The van der Waals surface area contributed by atoms with E-state index in [-0.39, 0.29) is 11.7 Å². The second kappa shape index (κ2) is 7.07. The zero-order valence-electron chi connectivity index (χ0n) is 12.2. The lowest BCUT2D eigenvalue weighted by Crippen LogP contribution is -2.17. The fourth-order valence-corrected chi connectivity index (χ4v) is 2.12. The smallest absolute Gasteiger partial charge is 0.146 e. The van der Waals surface area contributed by atoms with Crippen LogP contribution < -0.4 is 10.1 Å². The summed E-state index contributed by atoms with van der Waals surface area (Å²) in [5, 5.41) is 3.00. The lowest BCUT2D eigenvalue weighted by Gasteiger charge is -2.16. The van der Waals surface area contributed by atoms with Crippen molar-refractivity contribution in [3.8, 4) is 5.75 Å². The van der Waals surface area contributed by atoms with E-state index in [0.717, 1.165) is 30.7 Å². The predicted octanol–water partition coefficient (Wildman–Crippen LogP) is 4.41. The second-order valence-corrected chi connectivity index (χ2v) is 5.06. The second-order valence-electron chi connectivity index (χ2n) is 5.06. The van der Waals surface area contributed by atoms with E-state index < -0.39 is 11.6 Å². The standard InChI is InChI=1S/C17H19F2NO/c1-12(20-17-11-14(18)7-10-16(17)19)3-4-13-5-8-15(21-2)9-6-13/h5-12,20H,3-4H2,1-2H3. The van der Waals surface area contributed by atoms with Gasteiger partial charge in [-0.1, -0.05) is 12.1 Å². The highest BCUT2D eigenvalue weighted by atomic mass is 19.1. The molecule has 0 aliphatic heterocycles. The van der Waals surface area contributed by atoms with Gasteiger partial charge in [-0.05, 0) is 55.7 Å². The first-order chi connectivity index (χ1) is 10.1. The van der Waals surface area contributed by atoms with E-state index in [4.69, 9.17) is 4.74 Å². The zero-order valence-corrected chi connectivity index (χ0v) is 12.2. The van der Waals surface area contributed by atoms with Crippen LogP contribution in [0.3, 0.4) is 0 Å². The van der Waals surface area contributed by atoms with Crippen LogP contribution in [-0.4, -0.2) is 13.2 Å². The molecule has 4 heteroatoms. The average molecular weight is 291 g/mol. The lowest BCUT2D eigenvalue weighted by atomic mass is 10.1. The van der Waals surface area contributed by atoms with E-state index in [1.165, 1.54) is 11.6 Å². The summed E-state index contributed by atoms with van der Waals surface area (Å²) in [7, 11) is 1.63. The van der Waals surface area contributed by atoms with Gasteiger partial charge in [0.05, 0.1) is 12.8 Å². The number of nitrogens with one attached hydrogen (secondary N) is 1. The van der Waals surface area contributed by atoms with Crippen LogP contribution >= 0.6 is 0 Å². The van der Waals surface area contributed by atoms with Gasteiger partial charge in [-0.3, -0.25) is 0 Å². The number of aryl methyl sites for hydroxylation is 1. The Bertz CT molecular complexity index is 584. The van der Waals surface area contributed by atoms with Crippen LogP contribution in [-0.2, 0) is 6.42 Å². The molecule has 0 amide bonds. The molecule has 2 aromatic carbocycles. The molecule has 112 valence electrons. The van der Waals surface area contributed by atoms with Crippen molar-refractivity contribution in [3.63, 3.8) is 0 Å². The minimum Gasteiger partial charge on any atom is -0.497 e. The molecule has 2 aromatic rings. The monoisotopic (exact) mass is 291 g/mol. The molecule has 0 heterocycles. The van der Waals surface area contributed by atoms with Gasteiger partial charge < -0.3 is 10.1 Å². The third-order valence-corrected chi connectivity index (χ3v) is 3.36. The quantitative estimate of drug-likeness (QED) is 0.851. The fourth-order valence-electron chi connectivity index (χ4n) is 2.12. The van der Waals surface area contributed by atoms with Crippen molar-refractivity contribution < 1.29 is 13.5 Å². The summed E-state index contributed by atoms with van der Waals surface area (Å²) in [6.45, 7) is 1.95. The van der Waals surface area contributed by atoms with Crippen molar-refractivity contribution in [1.82, 2.24) is 0 Å². The molecule has 2 rings (SSSR count). The number of ether oxygens (including phenoxy) is 1. The molecule has 1 unspecified atom stereocenters. The van der Waals surface area contributed by atoms with Crippen molar-refractivity contribution in [2.75, 3.05) is 12.4 Å². The Morgan fingerprint density at radius 3 is 2.48 bits per heavy atom. The Morgan fingerprint density at radius 1 is 1.10 bits per heavy atom. The van der Waals surface area contributed by atoms with E-state index >= 15 is 0 Å². The molecule has 0 fully saturated rings. The van der Waals surface area contributed by atoms with E-state index in [1.807, 2.05) is 31.2 Å². The maximum absolute atomic E-state index is 13.5. The SMILES string of the molecule is COc1ccc(CCC(C)Nc2cc(F)ccc2F)cc1. The molecular weight excluding hydrogens is 272 g/mol. The van der Waals surface area contributed by atoms with Gasteiger partial charge in [-0.25, -0.2) is 8.78 Å². The minimum atomic E-state index is -0.443. The van der Waals surface area contributed by atoms with Gasteiger partial charge >= 0.3 is 0 Å². The van der Waals surface area contributed by atoms with E-state index in [0.29, 0.717) is 0 Å². The molecule has 0 spiro atoms. The van der Waals surface area contributed by atoms with Crippen LogP contribution in [0.15, 0.2) is 42.5 Å². The Balaban J connectivity index is 1.89. The molecule has 0 aliphatic carbocycles. The van der Waals surface area contributed by atoms with Crippen molar-refractivity contribution in [2.45, 2.75) is 25.8 Å². The van der Waals surface area contributed by atoms with Gasteiger partial charge in [-0.15, -0.1) is 0 Å². The van der Waals surface area contributed by atoms with Crippen LogP contribution in [0.2, 0.25) is 0 Å². The molecule has 0 bridgehead atoms. The average Bonchev–Trinajstić information content (AvgIpc) is 2.49. The molecule has 0 saturated heterocycles. The molecule has 0 aromatic heterocycles. The molecule has 1 atom stereocenters. The van der Waals surface area contributed by atoms with Crippen molar-refractivity contribution in [3.05, 3.63) is 59.7 Å². The highest BCUT2D eigenvalue weighted by Gasteiger charge is 2.08. The van der Waals surface area contributed by atoms with E-state index in [2.05, 4.69) is 5.32 Å². The first-order valence-corrected chi connectivity index (χ1v) is 6.93. The van der Waals surface area contributed by atoms with Crippen LogP contribution in [0.1, 0.15) is 18.9 Å². The van der Waals surface area contributed by atoms with Gasteiger partial charge in [0.15, 0.2) is 0 Å². The van der Waals surface area contributed by atoms with Crippen LogP contribution in [0.25, 0.3) is 0 Å². The largest absolute Gasteiger partial charge is 0.497 e. The molecule has 0 radical (unpaired) electrons. The maximum atomic E-state index is 13.5. The van der Waals surface area contributed by atoms with Gasteiger partial charge in [-0.2, -0.15) is 0 Å². The maximum Gasteiger partial charge on any atom is 0.146 e. The van der Waals surface area contributed by atoms with Crippen LogP contribution in [0, 0.1) is 11.6 Å². The normalized spacial score (nSPS) is 12.0. The molecule has 1 N–H and O–H groups in total. The molecule has 0 aliphatic rings. The van der Waals surface area contributed by atoms with Crippen LogP contribution in [0.5, 0.6) is 5.75 Å². The molecule has 2 nitrogen and oxygen atoms in total. The topological polar surface area (TPSA) is 21.3 Å². The Morgan fingerprint density at radius 2 is 1.81 bits per heavy atom. The number of methoxy groups -OCH3 is 1. The van der Waals surface area contributed by atoms with Gasteiger partial charge in [0.25, 0.3) is 0 Å². The summed E-state index contributed by atoms with van der Waals surface area (Å²) in [5.41, 5.74) is 1.39. The minimum absolute atomic E-state index is 0.0448. The van der Waals surface area contributed by atoms with E-state index in [9.17, 15) is 8.78 Å². The number of hydrogen-bond acceptors (Lipinski definition) is 2. The highest BCUT2D eigenvalue weighted by Crippen LogP contribution is 2.18. The number of rotatable bonds is 6. The first kappa shape index (κ1) is 15.3.